The summed E-state index contributed by atoms with van der Waals surface area (Å²) >= 11 is 1.36. The van der Waals surface area contributed by atoms with Crippen molar-refractivity contribution < 1.29 is 5.11 Å². The standard InChI is InChI=1S/C6H6N2OS/c7-2-1-5(9)6-3-8-4-10-6/h3-5,9H,1H2. The molecular formula is C6H6N2OS. The molecule has 1 N–H and O–H groups in total. The molecule has 0 radical (unpaired) electrons. The summed E-state index contributed by atoms with van der Waals surface area (Å²) in [5, 5.41) is 17.4. The Balaban J connectivity index is 2.61. The van der Waals surface area contributed by atoms with Gasteiger partial charge in [-0.3, -0.25) is 4.98 Å². The van der Waals surface area contributed by atoms with Crippen LogP contribution in [0.1, 0.15) is 17.4 Å². The van der Waals surface area contributed by atoms with Gasteiger partial charge < -0.3 is 5.11 Å². The van der Waals surface area contributed by atoms with Crippen molar-refractivity contribution in [3.05, 3.63) is 16.6 Å². The number of hydrogen-bond donors (Lipinski definition) is 1. The van der Waals surface area contributed by atoms with E-state index in [2.05, 4.69) is 4.98 Å². The summed E-state index contributed by atoms with van der Waals surface area (Å²) in [6.45, 7) is 0. The molecule has 0 fully saturated rings. The highest BCUT2D eigenvalue weighted by Gasteiger charge is 2.06. The lowest BCUT2D eigenvalue weighted by atomic mass is 10.2. The van der Waals surface area contributed by atoms with E-state index in [1.807, 2.05) is 6.07 Å². The Morgan fingerprint density at radius 3 is 3.20 bits per heavy atom. The van der Waals surface area contributed by atoms with Crippen molar-refractivity contribution in [1.82, 2.24) is 4.98 Å². The number of aromatic nitrogens is 1. The van der Waals surface area contributed by atoms with Crippen LogP contribution < -0.4 is 0 Å². The van der Waals surface area contributed by atoms with Crippen LogP contribution >= 0.6 is 11.3 Å². The molecule has 1 rings (SSSR count). The van der Waals surface area contributed by atoms with E-state index in [1.165, 1.54) is 11.3 Å². The van der Waals surface area contributed by atoms with Gasteiger partial charge in [0.05, 0.1) is 22.9 Å². The second kappa shape index (κ2) is 3.30. The minimum atomic E-state index is -0.655. The topological polar surface area (TPSA) is 56.9 Å². The lowest BCUT2D eigenvalue weighted by molar-refractivity contribution is 0.187. The summed E-state index contributed by atoms with van der Waals surface area (Å²) in [7, 11) is 0. The Bertz CT molecular complexity index is 226. The van der Waals surface area contributed by atoms with Gasteiger partial charge in [0, 0.05) is 6.20 Å². The fourth-order valence-electron chi connectivity index (χ4n) is 0.577. The normalized spacial score (nSPS) is 12.4. The number of thiazole rings is 1. The second-order valence-electron chi connectivity index (χ2n) is 1.78. The Labute approximate surface area is 62.6 Å². The van der Waals surface area contributed by atoms with Gasteiger partial charge in [-0.15, -0.1) is 11.3 Å². The molecule has 0 aromatic carbocycles. The van der Waals surface area contributed by atoms with Crippen LogP contribution in [-0.2, 0) is 0 Å². The number of hydrogen-bond acceptors (Lipinski definition) is 4. The molecule has 0 aliphatic carbocycles. The molecule has 0 aliphatic rings. The first-order chi connectivity index (χ1) is 4.84. The van der Waals surface area contributed by atoms with Crippen LogP contribution in [-0.4, -0.2) is 10.1 Å². The van der Waals surface area contributed by atoms with Gasteiger partial charge in [-0.2, -0.15) is 5.26 Å². The highest BCUT2D eigenvalue weighted by atomic mass is 32.1. The summed E-state index contributed by atoms with van der Waals surface area (Å²) in [5.41, 5.74) is 1.63. The highest BCUT2D eigenvalue weighted by molar-refractivity contribution is 7.09. The van der Waals surface area contributed by atoms with Gasteiger partial charge in [0.15, 0.2) is 0 Å². The molecule has 0 aliphatic heterocycles. The zero-order valence-corrected chi connectivity index (χ0v) is 6.01. The summed E-state index contributed by atoms with van der Waals surface area (Å²) in [4.78, 5) is 4.53. The Morgan fingerprint density at radius 2 is 2.70 bits per heavy atom. The lowest BCUT2D eigenvalue weighted by Gasteiger charge is -1.98. The lowest BCUT2D eigenvalue weighted by Crippen LogP contribution is -1.91. The number of aliphatic hydroxyl groups excluding tert-OH is 1. The maximum absolute atomic E-state index is 9.16. The van der Waals surface area contributed by atoms with Crippen molar-refractivity contribution >= 4 is 11.3 Å². The molecule has 3 nitrogen and oxygen atoms in total. The van der Waals surface area contributed by atoms with Crippen molar-refractivity contribution in [2.75, 3.05) is 0 Å². The van der Waals surface area contributed by atoms with Crippen molar-refractivity contribution in [3.63, 3.8) is 0 Å². The van der Waals surface area contributed by atoms with E-state index in [0.29, 0.717) is 0 Å². The summed E-state index contributed by atoms with van der Waals surface area (Å²) in [5.74, 6) is 0. The van der Waals surface area contributed by atoms with E-state index < -0.39 is 6.10 Å². The third kappa shape index (κ3) is 1.53. The predicted molar refractivity (Wildman–Crippen MR) is 37.3 cm³/mol. The molecule has 0 saturated heterocycles. The molecule has 1 atom stereocenters. The molecule has 1 heterocycles. The molecule has 1 aromatic rings. The fourth-order valence-corrected chi connectivity index (χ4v) is 1.18. The fraction of sp³-hybridized carbons (Fsp3) is 0.333. The van der Waals surface area contributed by atoms with Crippen LogP contribution in [0.3, 0.4) is 0 Å². The molecule has 1 unspecified atom stereocenters. The van der Waals surface area contributed by atoms with E-state index in [-0.39, 0.29) is 6.42 Å². The molecule has 0 amide bonds. The van der Waals surface area contributed by atoms with Gasteiger partial charge in [0.25, 0.3) is 0 Å². The molecule has 1 aromatic heterocycles. The first-order valence-electron chi connectivity index (χ1n) is 2.78. The molecule has 52 valence electrons. The average Bonchev–Trinajstić information content (AvgIpc) is 2.38. The van der Waals surface area contributed by atoms with Crippen molar-refractivity contribution in [2.45, 2.75) is 12.5 Å². The molecule has 10 heavy (non-hydrogen) atoms. The maximum Gasteiger partial charge on any atom is 0.103 e. The largest absolute Gasteiger partial charge is 0.386 e. The zero-order chi connectivity index (χ0) is 7.40. The van der Waals surface area contributed by atoms with Crippen LogP contribution in [0.25, 0.3) is 0 Å². The first kappa shape index (κ1) is 7.19. The third-order valence-electron chi connectivity index (χ3n) is 1.06. The summed E-state index contributed by atoms with van der Waals surface area (Å²) in [6, 6.07) is 1.88. The molecular weight excluding hydrogens is 148 g/mol. The molecule has 0 spiro atoms. The van der Waals surface area contributed by atoms with Crippen molar-refractivity contribution in [2.24, 2.45) is 0 Å². The minimum Gasteiger partial charge on any atom is -0.386 e. The Morgan fingerprint density at radius 1 is 1.90 bits per heavy atom. The van der Waals surface area contributed by atoms with Gasteiger partial charge >= 0.3 is 0 Å². The van der Waals surface area contributed by atoms with E-state index in [0.717, 1.165) is 4.88 Å². The smallest absolute Gasteiger partial charge is 0.103 e. The van der Waals surface area contributed by atoms with E-state index >= 15 is 0 Å². The van der Waals surface area contributed by atoms with Crippen LogP contribution in [0.5, 0.6) is 0 Å². The summed E-state index contributed by atoms with van der Waals surface area (Å²) in [6.07, 6.45) is 1.06. The number of nitrogens with zero attached hydrogens (tertiary/aromatic N) is 2. The molecule has 0 bridgehead atoms. The third-order valence-corrected chi connectivity index (χ3v) is 1.94. The minimum absolute atomic E-state index is 0.141. The van der Waals surface area contributed by atoms with E-state index in [9.17, 15) is 0 Å². The predicted octanol–water partition coefficient (Wildman–Crippen LogP) is 1.09. The van der Waals surface area contributed by atoms with Gasteiger partial charge in [0.1, 0.15) is 6.10 Å². The first-order valence-corrected chi connectivity index (χ1v) is 3.66. The Kier molecular flexibility index (Phi) is 2.37. The number of rotatable bonds is 2. The zero-order valence-electron chi connectivity index (χ0n) is 5.19. The maximum atomic E-state index is 9.16. The molecule has 0 saturated carbocycles. The van der Waals surface area contributed by atoms with Crippen molar-refractivity contribution in [3.8, 4) is 6.07 Å². The van der Waals surface area contributed by atoms with E-state index in [1.54, 1.807) is 11.7 Å². The van der Waals surface area contributed by atoms with Crippen LogP contribution in [0, 0.1) is 11.3 Å². The average molecular weight is 154 g/mol. The van der Waals surface area contributed by atoms with Crippen LogP contribution in [0.4, 0.5) is 0 Å². The number of aliphatic hydroxyl groups is 1. The van der Waals surface area contributed by atoms with Gasteiger partial charge in [-0.05, 0) is 0 Å². The summed E-state index contributed by atoms with van der Waals surface area (Å²) < 4.78 is 0. The van der Waals surface area contributed by atoms with Crippen molar-refractivity contribution in [1.29, 1.82) is 5.26 Å². The highest BCUT2D eigenvalue weighted by Crippen LogP contribution is 2.18. The SMILES string of the molecule is N#CCC(O)c1cncs1. The van der Waals surface area contributed by atoms with Crippen LogP contribution in [0.15, 0.2) is 11.7 Å². The van der Waals surface area contributed by atoms with Gasteiger partial charge in [-0.25, -0.2) is 0 Å². The Hall–Kier alpha value is -0.920. The van der Waals surface area contributed by atoms with Gasteiger partial charge in [-0.1, -0.05) is 0 Å². The quantitative estimate of drug-likeness (QED) is 0.693. The van der Waals surface area contributed by atoms with E-state index in [4.69, 9.17) is 10.4 Å². The van der Waals surface area contributed by atoms with Gasteiger partial charge in [0.2, 0.25) is 0 Å². The van der Waals surface area contributed by atoms with Crippen LogP contribution in [0.2, 0.25) is 0 Å². The molecule has 4 heteroatoms. The number of nitriles is 1. The second-order valence-corrected chi connectivity index (χ2v) is 2.70. The monoisotopic (exact) mass is 154 g/mol.